The van der Waals surface area contributed by atoms with Gasteiger partial charge in [-0.2, -0.15) is 0 Å². The van der Waals surface area contributed by atoms with E-state index in [4.69, 9.17) is 9.72 Å². The summed E-state index contributed by atoms with van der Waals surface area (Å²) in [6, 6.07) is 32.8. The largest absolute Gasteiger partial charge is 0.755 e. The fourth-order valence-electron chi connectivity index (χ4n) is 5.22. The standard InChI is InChI=1S/C35H32N4O5S/c1-35(2,34(40)41)20-33-37-31-19-29(44-22-28-15-14-25-6-3-4-9-30(25)36-28)16-17-32(31)39(33)21-23-10-12-24(13-11-23)26-7-5-8-27(18-26)38-45(42)43/h3-19,38H,20-22H2,1-2H3,(H,40,41)(H,42,43)/p-1. The summed E-state index contributed by atoms with van der Waals surface area (Å²) in [7, 11) is 0. The summed E-state index contributed by atoms with van der Waals surface area (Å²) < 4.78 is 32.6. The van der Waals surface area contributed by atoms with Gasteiger partial charge >= 0.3 is 5.97 Å². The Kier molecular flexibility index (Phi) is 8.34. The Bertz CT molecular complexity index is 2040. The summed E-state index contributed by atoms with van der Waals surface area (Å²) >= 11 is -2.40. The number of anilines is 1. The van der Waals surface area contributed by atoms with Crippen molar-refractivity contribution in [2.24, 2.45) is 5.41 Å². The first kappa shape index (κ1) is 30.0. The molecule has 1 atom stereocenters. The van der Waals surface area contributed by atoms with E-state index in [2.05, 4.69) is 14.3 Å². The summed E-state index contributed by atoms with van der Waals surface area (Å²) in [5.41, 5.74) is 5.59. The second kappa shape index (κ2) is 12.5. The second-order valence-corrected chi connectivity index (χ2v) is 12.2. The molecule has 0 aliphatic carbocycles. The molecule has 6 rings (SSSR count). The number of nitrogens with zero attached hydrogens (tertiary/aromatic N) is 3. The SMILES string of the molecule is CC(C)(Cc1nc2cc(OCc3ccc4ccccc4n3)ccc2n1Cc1ccc(-c2cccc(NS(=O)[O-])c2)cc1)C(=O)O. The van der Waals surface area contributed by atoms with Crippen LogP contribution in [0.1, 0.15) is 30.9 Å². The van der Waals surface area contributed by atoms with E-state index in [-0.39, 0.29) is 6.42 Å². The van der Waals surface area contributed by atoms with Crippen LogP contribution in [0, 0.1) is 5.41 Å². The predicted molar refractivity (Wildman–Crippen MR) is 174 cm³/mol. The topological polar surface area (TPSA) is 129 Å². The molecule has 1 unspecified atom stereocenters. The van der Waals surface area contributed by atoms with Crippen LogP contribution in [0.4, 0.5) is 5.69 Å². The lowest BCUT2D eigenvalue weighted by Gasteiger charge is -2.19. The number of ether oxygens (including phenoxy) is 1. The van der Waals surface area contributed by atoms with E-state index in [1.165, 1.54) is 0 Å². The highest BCUT2D eigenvalue weighted by molar-refractivity contribution is 7.80. The molecule has 0 aliphatic rings. The lowest BCUT2D eigenvalue weighted by Crippen LogP contribution is -2.27. The van der Waals surface area contributed by atoms with E-state index in [1.807, 2.05) is 84.9 Å². The van der Waals surface area contributed by atoms with E-state index < -0.39 is 22.7 Å². The van der Waals surface area contributed by atoms with Crippen LogP contribution in [-0.2, 0) is 35.6 Å². The number of imidazole rings is 1. The van der Waals surface area contributed by atoms with Crippen molar-refractivity contribution in [1.82, 2.24) is 14.5 Å². The summed E-state index contributed by atoms with van der Waals surface area (Å²) in [6.45, 7) is 4.18. The smallest absolute Gasteiger partial charge is 0.309 e. The molecule has 0 bridgehead atoms. The molecular formula is C35H31N4O5S-. The van der Waals surface area contributed by atoms with Crippen LogP contribution in [0.2, 0.25) is 0 Å². The molecule has 45 heavy (non-hydrogen) atoms. The molecule has 0 saturated carbocycles. The van der Waals surface area contributed by atoms with Gasteiger partial charge in [0.2, 0.25) is 0 Å². The van der Waals surface area contributed by atoms with E-state index >= 15 is 0 Å². The van der Waals surface area contributed by atoms with Gasteiger partial charge in [-0.15, -0.1) is 0 Å². The highest BCUT2D eigenvalue weighted by Gasteiger charge is 2.30. The van der Waals surface area contributed by atoms with Gasteiger partial charge in [-0.3, -0.25) is 9.00 Å². The molecule has 0 amide bonds. The van der Waals surface area contributed by atoms with Crippen molar-refractivity contribution in [3.05, 3.63) is 120 Å². The lowest BCUT2D eigenvalue weighted by molar-refractivity contribution is -0.146. The number of carboxylic acids is 1. The number of para-hydroxylation sites is 1. The second-order valence-electron chi connectivity index (χ2n) is 11.5. The first-order valence-corrected chi connectivity index (χ1v) is 15.5. The third-order valence-corrected chi connectivity index (χ3v) is 8.11. The number of nitrogens with one attached hydrogen (secondary N) is 1. The predicted octanol–water partition coefficient (Wildman–Crippen LogP) is 6.74. The third-order valence-electron chi connectivity index (χ3n) is 7.71. The van der Waals surface area contributed by atoms with Crippen molar-refractivity contribution >= 4 is 44.9 Å². The Morgan fingerprint density at radius 3 is 2.49 bits per heavy atom. The van der Waals surface area contributed by atoms with Crippen LogP contribution in [0.15, 0.2) is 103 Å². The molecule has 0 saturated heterocycles. The van der Waals surface area contributed by atoms with Gasteiger partial charge in [-0.25, -0.2) is 9.97 Å². The normalized spacial score (nSPS) is 12.3. The first-order valence-electron chi connectivity index (χ1n) is 14.4. The van der Waals surface area contributed by atoms with Gasteiger partial charge in [0, 0.05) is 41.4 Å². The van der Waals surface area contributed by atoms with Gasteiger partial charge in [0.05, 0.1) is 27.7 Å². The van der Waals surface area contributed by atoms with Crippen molar-refractivity contribution in [2.45, 2.75) is 33.4 Å². The first-order chi connectivity index (χ1) is 21.6. The van der Waals surface area contributed by atoms with Crippen LogP contribution < -0.4 is 9.46 Å². The summed E-state index contributed by atoms with van der Waals surface area (Å²) in [5.74, 6) is 0.419. The summed E-state index contributed by atoms with van der Waals surface area (Å²) in [5, 5.41) is 10.9. The van der Waals surface area contributed by atoms with Crippen molar-refractivity contribution in [2.75, 3.05) is 4.72 Å². The maximum absolute atomic E-state index is 12.0. The van der Waals surface area contributed by atoms with Gasteiger partial charge in [-0.05, 0) is 66.9 Å². The molecule has 0 spiro atoms. The molecule has 4 aromatic carbocycles. The van der Waals surface area contributed by atoms with Crippen molar-refractivity contribution in [3.8, 4) is 16.9 Å². The number of rotatable bonds is 11. The highest BCUT2D eigenvalue weighted by atomic mass is 32.2. The number of carboxylic acid groups (broad SMARTS) is 1. The van der Waals surface area contributed by atoms with Gasteiger partial charge in [0.1, 0.15) is 18.2 Å². The van der Waals surface area contributed by atoms with Gasteiger partial charge in [0.25, 0.3) is 0 Å². The molecule has 0 radical (unpaired) electrons. The number of pyridine rings is 1. The minimum atomic E-state index is -2.40. The van der Waals surface area contributed by atoms with Crippen LogP contribution in [0.5, 0.6) is 5.75 Å². The number of carbonyl (C=O) groups is 1. The third kappa shape index (κ3) is 6.87. The Hall–Kier alpha value is -5.06. The Balaban J connectivity index is 1.26. The van der Waals surface area contributed by atoms with Gasteiger partial charge < -0.3 is 23.7 Å². The van der Waals surface area contributed by atoms with Crippen LogP contribution in [0.25, 0.3) is 33.1 Å². The van der Waals surface area contributed by atoms with Crippen LogP contribution in [0.3, 0.4) is 0 Å². The highest BCUT2D eigenvalue weighted by Crippen LogP contribution is 2.29. The molecule has 2 aromatic heterocycles. The number of hydrogen-bond donors (Lipinski definition) is 2. The molecule has 0 fully saturated rings. The lowest BCUT2D eigenvalue weighted by atomic mass is 9.89. The van der Waals surface area contributed by atoms with Crippen LogP contribution >= 0.6 is 0 Å². The number of benzene rings is 4. The van der Waals surface area contributed by atoms with Crippen molar-refractivity contribution < 1.29 is 23.4 Å². The average Bonchev–Trinajstić information content (AvgIpc) is 3.35. The maximum atomic E-state index is 12.0. The number of hydrogen-bond acceptors (Lipinski definition) is 6. The Morgan fingerprint density at radius 2 is 1.71 bits per heavy atom. The molecule has 228 valence electrons. The molecule has 0 aliphatic heterocycles. The monoisotopic (exact) mass is 619 g/mol. The van der Waals surface area contributed by atoms with Gasteiger partial charge in [-0.1, -0.05) is 60.7 Å². The van der Waals surface area contributed by atoms with Crippen molar-refractivity contribution in [3.63, 3.8) is 0 Å². The van der Waals surface area contributed by atoms with Crippen molar-refractivity contribution in [1.29, 1.82) is 0 Å². The average molecular weight is 620 g/mol. The number of aromatic nitrogens is 3. The summed E-state index contributed by atoms with van der Waals surface area (Å²) in [6.07, 6.45) is 0.243. The Labute approximate surface area is 263 Å². The minimum absolute atomic E-state index is 0.243. The van der Waals surface area contributed by atoms with E-state index in [9.17, 15) is 18.7 Å². The molecule has 6 aromatic rings. The Morgan fingerprint density at radius 1 is 0.911 bits per heavy atom. The zero-order valence-electron chi connectivity index (χ0n) is 24.8. The zero-order chi connectivity index (χ0) is 31.6. The molecule has 9 nitrogen and oxygen atoms in total. The minimum Gasteiger partial charge on any atom is -0.755 e. The quantitative estimate of drug-likeness (QED) is 0.154. The molecule has 2 N–H and O–H groups in total. The fourth-order valence-corrected chi connectivity index (χ4v) is 5.54. The van der Waals surface area contributed by atoms with Crippen LogP contribution in [-0.4, -0.2) is 34.4 Å². The van der Waals surface area contributed by atoms with Gasteiger partial charge in [0.15, 0.2) is 0 Å². The number of aliphatic carboxylic acids is 1. The van der Waals surface area contributed by atoms with E-state index in [0.29, 0.717) is 35.9 Å². The summed E-state index contributed by atoms with van der Waals surface area (Å²) in [4.78, 5) is 21.6. The zero-order valence-corrected chi connectivity index (χ0v) is 25.6. The van der Waals surface area contributed by atoms with E-state index in [1.54, 1.807) is 32.0 Å². The molecular weight excluding hydrogens is 588 g/mol. The fraction of sp³-hybridized carbons (Fsp3) is 0.171. The molecule has 2 heterocycles. The maximum Gasteiger partial charge on any atom is 0.309 e. The number of fused-ring (bicyclic) bond motifs is 2. The molecule has 10 heteroatoms. The van der Waals surface area contributed by atoms with E-state index in [0.717, 1.165) is 38.8 Å².